The Balaban J connectivity index is 1.28. The number of carboxylic acids is 1. The lowest BCUT2D eigenvalue weighted by Crippen LogP contribution is -2.36. The fourth-order valence-electron chi connectivity index (χ4n) is 4.55. The van der Waals surface area contributed by atoms with Gasteiger partial charge in [-0.2, -0.15) is 0 Å². The maximum atomic E-state index is 12.3. The van der Waals surface area contributed by atoms with Crippen molar-refractivity contribution in [3.8, 4) is 23.0 Å². The van der Waals surface area contributed by atoms with Gasteiger partial charge in [0.25, 0.3) is 5.91 Å². The number of fused-ring (bicyclic) bond motifs is 3. The van der Waals surface area contributed by atoms with Crippen LogP contribution < -0.4 is 5.32 Å². The van der Waals surface area contributed by atoms with Crippen molar-refractivity contribution >= 4 is 18.0 Å². The van der Waals surface area contributed by atoms with Crippen LogP contribution in [0.5, 0.6) is 0 Å². The average molecular weight is 447 g/mol. The molecule has 2 amide bonds. The lowest BCUT2D eigenvalue weighted by atomic mass is 9.81. The molecule has 1 fully saturated rings. The van der Waals surface area contributed by atoms with Crippen molar-refractivity contribution in [2.75, 3.05) is 26.2 Å². The lowest BCUT2D eigenvalue weighted by molar-refractivity contribution is -0.149. The Labute approximate surface area is 192 Å². The van der Waals surface area contributed by atoms with E-state index in [0.717, 1.165) is 22.3 Å². The molecule has 0 radical (unpaired) electrons. The highest BCUT2D eigenvalue weighted by atomic mass is 16.5. The Bertz CT molecular complexity index is 1120. The van der Waals surface area contributed by atoms with Gasteiger partial charge in [-0.3, -0.25) is 9.59 Å². The number of carbonyl (C=O) groups is 3. The molecule has 170 valence electrons. The van der Waals surface area contributed by atoms with E-state index >= 15 is 0 Å². The Hall–Kier alpha value is -3.79. The van der Waals surface area contributed by atoms with E-state index in [1.165, 1.54) is 4.90 Å². The quantitative estimate of drug-likeness (QED) is 0.704. The fourth-order valence-corrected chi connectivity index (χ4v) is 4.55. The average Bonchev–Trinajstić information content (AvgIpc) is 3.30. The van der Waals surface area contributed by atoms with E-state index in [9.17, 15) is 19.5 Å². The Kier molecular flexibility index (Phi) is 6.10. The number of amides is 2. The number of hydrogen-bond acceptors (Lipinski definition) is 4. The smallest absolute Gasteiger partial charge is 0.407 e. The Morgan fingerprint density at radius 2 is 1.73 bits per heavy atom. The van der Waals surface area contributed by atoms with Gasteiger partial charge in [-0.15, -0.1) is 0 Å². The molecule has 1 aliphatic carbocycles. The molecule has 1 aliphatic heterocycles. The minimum absolute atomic E-state index is 0.0310. The largest absolute Gasteiger partial charge is 0.481 e. The van der Waals surface area contributed by atoms with Crippen LogP contribution in [0.1, 0.15) is 30.9 Å². The third kappa shape index (κ3) is 4.29. The molecule has 2 atom stereocenters. The molecule has 1 heterocycles. The fraction of sp³-hybridized carbons (Fsp3) is 0.346. The van der Waals surface area contributed by atoms with Gasteiger partial charge >= 0.3 is 12.1 Å². The third-order valence-electron chi connectivity index (χ3n) is 6.74. The van der Waals surface area contributed by atoms with Crippen molar-refractivity contribution < 1.29 is 24.2 Å². The van der Waals surface area contributed by atoms with Gasteiger partial charge < -0.3 is 20.1 Å². The number of benzene rings is 2. The second-order valence-electron chi connectivity index (χ2n) is 8.79. The van der Waals surface area contributed by atoms with E-state index in [2.05, 4.69) is 29.3 Å². The van der Waals surface area contributed by atoms with Crippen LogP contribution in [-0.4, -0.2) is 54.2 Å². The molecule has 2 unspecified atom stereocenters. The van der Waals surface area contributed by atoms with Crippen molar-refractivity contribution in [2.24, 2.45) is 11.3 Å². The number of nitrogens with zero attached hydrogens (tertiary/aromatic N) is 1. The molecule has 2 N–H and O–H groups in total. The third-order valence-corrected chi connectivity index (χ3v) is 6.74. The number of likely N-dealkylation sites (tertiary alicyclic amines) is 1. The number of rotatable bonds is 4. The summed E-state index contributed by atoms with van der Waals surface area (Å²) in [5.41, 5.74) is 3.59. The summed E-state index contributed by atoms with van der Waals surface area (Å²) in [6.07, 6.45) is -0.605. The Morgan fingerprint density at radius 3 is 2.30 bits per heavy atom. The van der Waals surface area contributed by atoms with Gasteiger partial charge in [0, 0.05) is 19.0 Å². The number of carbonyl (C=O) groups excluding carboxylic acids is 2. The van der Waals surface area contributed by atoms with Crippen LogP contribution in [0.15, 0.2) is 48.5 Å². The van der Waals surface area contributed by atoms with Crippen molar-refractivity contribution in [3.05, 3.63) is 59.7 Å². The van der Waals surface area contributed by atoms with Gasteiger partial charge in [-0.25, -0.2) is 4.79 Å². The maximum Gasteiger partial charge on any atom is 0.407 e. The van der Waals surface area contributed by atoms with E-state index in [4.69, 9.17) is 4.74 Å². The first-order valence-electron chi connectivity index (χ1n) is 10.9. The van der Waals surface area contributed by atoms with E-state index in [1.807, 2.05) is 43.3 Å². The molecule has 33 heavy (non-hydrogen) atoms. The first kappa shape index (κ1) is 22.4. The number of hydrogen-bond donors (Lipinski definition) is 2. The Morgan fingerprint density at radius 1 is 1.12 bits per heavy atom. The lowest BCUT2D eigenvalue weighted by Gasteiger charge is -2.21. The highest BCUT2D eigenvalue weighted by Crippen LogP contribution is 2.44. The molecule has 7 heteroatoms. The number of alkyl carbamates (subject to hydrolysis) is 1. The second-order valence-corrected chi connectivity index (χ2v) is 8.79. The zero-order chi connectivity index (χ0) is 23.6. The summed E-state index contributed by atoms with van der Waals surface area (Å²) < 4.78 is 5.44. The van der Waals surface area contributed by atoms with E-state index in [0.29, 0.717) is 6.54 Å². The maximum absolute atomic E-state index is 12.3. The topological polar surface area (TPSA) is 95.9 Å². The van der Waals surface area contributed by atoms with Gasteiger partial charge in [-0.1, -0.05) is 61.4 Å². The molecule has 0 aromatic heterocycles. The molecule has 2 aromatic carbocycles. The first-order valence-corrected chi connectivity index (χ1v) is 10.9. The predicted molar refractivity (Wildman–Crippen MR) is 122 cm³/mol. The normalized spacial score (nSPS) is 20.9. The molecule has 4 rings (SSSR count). The molecular weight excluding hydrogens is 420 g/mol. The molecule has 2 aliphatic rings. The molecule has 0 spiro atoms. The minimum Gasteiger partial charge on any atom is -0.481 e. The van der Waals surface area contributed by atoms with Crippen LogP contribution in [0.3, 0.4) is 0 Å². The van der Waals surface area contributed by atoms with Crippen molar-refractivity contribution in [2.45, 2.75) is 19.8 Å². The van der Waals surface area contributed by atoms with Gasteiger partial charge in [-0.05, 0) is 41.0 Å². The van der Waals surface area contributed by atoms with Gasteiger partial charge in [0.2, 0.25) is 0 Å². The molecule has 1 saturated heterocycles. The summed E-state index contributed by atoms with van der Waals surface area (Å²) in [6.45, 7) is 4.08. The molecule has 7 nitrogen and oxygen atoms in total. The summed E-state index contributed by atoms with van der Waals surface area (Å²) in [4.78, 5) is 37.4. The molecule has 2 aromatic rings. The van der Waals surface area contributed by atoms with Crippen molar-refractivity contribution in [3.63, 3.8) is 0 Å². The summed E-state index contributed by atoms with van der Waals surface area (Å²) >= 11 is 0. The standard InChI is InChI=1S/C26H26N2O5/c1-17-14-28(16-26(17,2)24(30)31)23(29)12-7-13-27-25(32)33-15-22-20-10-5-3-8-18(20)19-9-4-6-11-21(19)22/h3-6,8-11,17,22H,13-16H2,1-2H3,(H,27,32)(H,30,31). The summed E-state index contributed by atoms with van der Waals surface area (Å²) in [5.74, 6) is 3.53. The first-order chi connectivity index (χ1) is 15.8. The molecular formula is C26H26N2O5. The van der Waals surface area contributed by atoms with Crippen molar-refractivity contribution in [1.82, 2.24) is 10.2 Å². The summed E-state index contributed by atoms with van der Waals surface area (Å²) in [5, 5.41) is 12.0. The van der Waals surface area contributed by atoms with Crippen molar-refractivity contribution in [1.29, 1.82) is 0 Å². The van der Waals surface area contributed by atoms with Gasteiger partial charge in [0.15, 0.2) is 0 Å². The monoisotopic (exact) mass is 446 g/mol. The van der Waals surface area contributed by atoms with Gasteiger partial charge in [0.1, 0.15) is 6.61 Å². The highest BCUT2D eigenvalue weighted by molar-refractivity contribution is 5.94. The molecule has 0 saturated carbocycles. The molecule has 0 bridgehead atoms. The number of carboxylic acid groups (broad SMARTS) is 1. The number of ether oxygens (including phenoxy) is 1. The summed E-state index contributed by atoms with van der Waals surface area (Å²) in [7, 11) is 0. The zero-order valence-corrected chi connectivity index (χ0v) is 18.6. The van der Waals surface area contributed by atoms with Crippen LogP contribution >= 0.6 is 0 Å². The minimum atomic E-state index is -0.975. The van der Waals surface area contributed by atoms with Crippen LogP contribution in [0, 0.1) is 23.2 Å². The highest BCUT2D eigenvalue weighted by Gasteiger charge is 2.47. The van der Waals surface area contributed by atoms with E-state index in [-0.39, 0.29) is 31.5 Å². The van der Waals surface area contributed by atoms with E-state index < -0.39 is 23.4 Å². The second kappa shape index (κ2) is 8.99. The van der Waals surface area contributed by atoms with Crippen LogP contribution in [0.2, 0.25) is 0 Å². The number of aliphatic carboxylic acids is 1. The summed E-state index contributed by atoms with van der Waals surface area (Å²) in [6, 6.07) is 16.2. The number of nitrogens with one attached hydrogen (secondary N) is 1. The SMILES string of the molecule is CC1CN(C(=O)C#CCNC(=O)OCC2c3ccccc3-c3ccccc32)CC1(C)C(=O)O. The van der Waals surface area contributed by atoms with Crippen LogP contribution in [0.25, 0.3) is 11.1 Å². The van der Waals surface area contributed by atoms with Crippen LogP contribution in [-0.2, 0) is 14.3 Å². The zero-order valence-electron chi connectivity index (χ0n) is 18.6. The van der Waals surface area contributed by atoms with Gasteiger partial charge in [0.05, 0.1) is 12.0 Å². The van der Waals surface area contributed by atoms with E-state index in [1.54, 1.807) is 6.92 Å². The van der Waals surface area contributed by atoms with Crippen LogP contribution in [0.4, 0.5) is 4.79 Å². The predicted octanol–water partition coefficient (Wildman–Crippen LogP) is 3.10.